The molecule has 1 aromatic heterocycles. The molecule has 72 valence electrons. The molecule has 1 N–H and O–H groups in total. The van der Waals surface area contributed by atoms with Crippen molar-refractivity contribution in [2.24, 2.45) is 0 Å². The van der Waals surface area contributed by atoms with E-state index >= 15 is 0 Å². The first-order valence-corrected chi connectivity index (χ1v) is 4.68. The summed E-state index contributed by atoms with van der Waals surface area (Å²) in [5, 5.41) is 3.14. The van der Waals surface area contributed by atoms with Crippen molar-refractivity contribution in [3.8, 4) is 0 Å². The third-order valence-corrected chi connectivity index (χ3v) is 2.04. The highest BCUT2D eigenvalue weighted by atomic mass is 15.1. The van der Waals surface area contributed by atoms with E-state index in [4.69, 9.17) is 0 Å². The SMILES string of the molecule is CCN(CCNC)c1ccncc1. The molecule has 0 aromatic carbocycles. The van der Waals surface area contributed by atoms with Gasteiger partial charge in [-0.25, -0.2) is 0 Å². The number of aromatic nitrogens is 1. The molecular formula is C10H17N3. The van der Waals surface area contributed by atoms with Gasteiger partial charge >= 0.3 is 0 Å². The van der Waals surface area contributed by atoms with E-state index in [0.29, 0.717) is 0 Å². The Morgan fingerprint density at radius 2 is 2.08 bits per heavy atom. The molecule has 13 heavy (non-hydrogen) atoms. The average Bonchev–Trinajstić information content (AvgIpc) is 2.21. The lowest BCUT2D eigenvalue weighted by Crippen LogP contribution is -2.30. The second-order valence-corrected chi connectivity index (χ2v) is 2.89. The van der Waals surface area contributed by atoms with Crippen molar-refractivity contribution < 1.29 is 0 Å². The van der Waals surface area contributed by atoms with Crippen molar-refractivity contribution in [3.63, 3.8) is 0 Å². The standard InChI is InChI=1S/C10H17N3/c1-3-13(9-8-11-2)10-4-6-12-7-5-10/h4-7,11H,3,8-9H2,1-2H3. The highest BCUT2D eigenvalue weighted by Gasteiger charge is 2.01. The molecule has 0 radical (unpaired) electrons. The van der Waals surface area contributed by atoms with E-state index in [1.165, 1.54) is 5.69 Å². The Bertz CT molecular complexity index is 223. The van der Waals surface area contributed by atoms with E-state index in [0.717, 1.165) is 19.6 Å². The van der Waals surface area contributed by atoms with E-state index in [-0.39, 0.29) is 0 Å². The number of nitrogens with zero attached hydrogens (tertiary/aromatic N) is 2. The maximum atomic E-state index is 4.00. The lowest BCUT2D eigenvalue weighted by molar-refractivity contribution is 0.736. The van der Waals surface area contributed by atoms with Gasteiger partial charge in [0, 0.05) is 37.7 Å². The summed E-state index contributed by atoms with van der Waals surface area (Å²) in [7, 11) is 1.97. The Hall–Kier alpha value is -1.09. The van der Waals surface area contributed by atoms with Crippen LogP contribution in [0.4, 0.5) is 5.69 Å². The first kappa shape index (κ1) is 9.99. The van der Waals surface area contributed by atoms with Gasteiger partial charge in [-0.3, -0.25) is 4.98 Å². The van der Waals surface area contributed by atoms with Crippen LogP contribution in [-0.4, -0.2) is 31.7 Å². The fourth-order valence-electron chi connectivity index (χ4n) is 1.27. The molecule has 3 heteroatoms. The molecule has 3 nitrogen and oxygen atoms in total. The van der Waals surface area contributed by atoms with Crippen molar-refractivity contribution in [2.45, 2.75) is 6.92 Å². The molecule has 0 saturated carbocycles. The number of hydrogen-bond acceptors (Lipinski definition) is 3. The van der Waals surface area contributed by atoms with Crippen molar-refractivity contribution in [1.29, 1.82) is 0 Å². The van der Waals surface area contributed by atoms with Gasteiger partial charge < -0.3 is 10.2 Å². The van der Waals surface area contributed by atoms with Crippen LogP contribution in [0, 0.1) is 0 Å². The molecule has 0 aliphatic heterocycles. The quantitative estimate of drug-likeness (QED) is 0.734. The number of rotatable bonds is 5. The number of pyridine rings is 1. The smallest absolute Gasteiger partial charge is 0.0397 e. The van der Waals surface area contributed by atoms with E-state index in [9.17, 15) is 0 Å². The molecule has 0 atom stereocenters. The van der Waals surface area contributed by atoms with Gasteiger partial charge in [0.15, 0.2) is 0 Å². The Kier molecular flexibility index (Phi) is 4.26. The Labute approximate surface area is 79.8 Å². The highest BCUT2D eigenvalue weighted by Crippen LogP contribution is 2.10. The summed E-state index contributed by atoms with van der Waals surface area (Å²) in [6.45, 7) is 5.24. The summed E-state index contributed by atoms with van der Waals surface area (Å²) in [6, 6.07) is 4.08. The van der Waals surface area contributed by atoms with Crippen LogP contribution in [0.25, 0.3) is 0 Å². The number of hydrogen-bond donors (Lipinski definition) is 1. The Morgan fingerprint density at radius 3 is 2.62 bits per heavy atom. The van der Waals surface area contributed by atoms with Gasteiger partial charge in [0.25, 0.3) is 0 Å². The van der Waals surface area contributed by atoms with Crippen LogP contribution in [-0.2, 0) is 0 Å². The first-order chi connectivity index (χ1) is 6.38. The number of likely N-dealkylation sites (N-methyl/N-ethyl adjacent to an activating group) is 2. The normalized spacial score (nSPS) is 10.0. The fraction of sp³-hybridized carbons (Fsp3) is 0.500. The molecule has 0 saturated heterocycles. The molecule has 0 amide bonds. The second kappa shape index (κ2) is 5.54. The molecular weight excluding hydrogens is 162 g/mol. The van der Waals surface area contributed by atoms with E-state index in [1.54, 1.807) is 0 Å². The van der Waals surface area contributed by atoms with E-state index in [2.05, 4.69) is 22.1 Å². The van der Waals surface area contributed by atoms with Crippen molar-refractivity contribution in [1.82, 2.24) is 10.3 Å². The topological polar surface area (TPSA) is 28.2 Å². The zero-order valence-corrected chi connectivity index (χ0v) is 8.33. The molecule has 0 spiro atoms. The van der Waals surface area contributed by atoms with Crippen LogP contribution in [0.2, 0.25) is 0 Å². The van der Waals surface area contributed by atoms with Crippen LogP contribution in [0.15, 0.2) is 24.5 Å². The van der Waals surface area contributed by atoms with Crippen LogP contribution in [0.3, 0.4) is 0 Å². The molecule has 1 rings (SSSR count). The van der Waals surface area contributed by atoms with Crippen molar-refractivity contribution >= 4 is 5.69 Å². The molecule has 0 aliphatic carbocycles. The highest BCUT2D eigenvalue weighted by molar-refractivity contribution is 5.44. The van der Waals surface area contributed by atoms with E-state index < -0.39 is 0 Å². The Morgan fingerprint density at radius 1 is 1.38 bits per heavy atom. The number of nitrogens with one attached hydrogen (secondary N) is 1. The van der Waals surface area contributed by atoms with Gasteiger partial charge in [0.1, 0.15) is 0 Å². The minimum Gasteiger partial charge on any atom is -0.370 e. The molecule has 0 fully saturated rings. The largest absolute Gasteiger partial charge is 0.370 e. The monoisotopic (exact) mass is 179 g/mol. The molecule has 0 unspecified atom stereocenters. The first-order valence-electron chi connectivity index (χ1n) is 4.68. The third-order valence-electron chi connectivity index (χ3n) is 2.04. The second-order valence-electron chi connectivity index (χ2n) is 2.89. The van der Waals surface area contributed by atoms with Gasteiger partial charge in [-0.15, -0.1) is 0 Å². The summed E-state index contributed by atoms with van der Waals surface area (Å²) in [5.41, 5.74) is 1.24. The van der Waals surface area contributed by atoms with Gasteiger partial charge in [0.05, 0.1) is 0 Å². The number of anilines is 1. The van der Waals surface area contributed by atoms with Crippen LogP contribution >= 0.6 is 0 Å². The van der Waals surface area contributed by atoms with Gasteiger partial charge in [0.2, 0.25) is 0 Å². The van der Waals surface area contributed by atoms with Crippen molar-refractivity contribution in [2.75, 3.05) is 31.6 Å². The minimum atomic E-state index is 1.01. The maximum absolute atomic E-state index is 4.00. The minimum absolute atomic E-state index is 1.01. The maximum Gasteiger partial charge on any atom is 0.0397 e. The van der Waals surface area contributed by atoms with Crippen LogP contribution in [0.5, 0.6) is 0 Å². The predicted octanol–water partition coefficient (Wildman–Crippen LogP) is 1.13. The van der Waals surface area contributed by atoms with Crippen molar-refractivity contribution in [3.05, 3.63) is 24.5 Å². The van der Waals surface area contributed by atoms with Crippen LogP contribution < -0.4 is 10.2 Å². The third kappa shape index (κ3) is 3.03. The van der Waals surface area contributed by atoms with E-state index in [1.807, 2.05) is 31.6 Å². The molecule has 1 aromatic rings. The Balaban J connectivity index is 2.56. The molecule has 0 aliphatic rings. The lowest BCUT2D eigenvalue weighted by atomic mass is 10.3. The summed E-state index contributed by atoms with van der Waals surface area (Å²) in [6.07, 6.45) is 3.66. The average molecular weight is 179 g/mol. The fourth-order valence-corrected chi connectivity index (χ4v) is 1.27. The zero-order chi connectivity index (χ0) is 9.52. The van der Waals surface area contributed by atoms with Gasteiger partial charge in [-0.1, -0.05) is 0 Å². The van der Waals surface area contributed by atoms with Gasteiger partial charge in [-0.05, 0) is 26.1 Å². The summed E-state index contributed by atoms with van der Waals surface area (Å²) >= 11 is 0. The van der Waals surface area contributed by atoms with Gasteiger partial charge in [-0.2, -0.15) is 0 Å². The predicted molar refractivity (Wildman–Crippen MR) is 56.1 cm³/mol. The zero-order valence-electron chi connectivity index (χ0n) is 8.33. The summed E-state index contributed by atoms with van der Waals surface area (Å²) in [5.74, 6) is 0. The molecule has 1 heterocycles. The molecule has 0 bridgehead atoms. The summed E-state index contributed by atoms with van der Waals surface area (Å²) < 4.78 is 0. The summed E-state index contributed by atoms with van der Waals surface area (Å²) in [4.78, 5) is 6.32. The van der Waals surface area contributed by atoms with Crippen LogP contribution in [0.1, 0.15) is 6.92 Å². The lowest BCUT2D eigenvalue weighted by Gasteiger charge is -2.22.